The van der Waals surface area contributed by atoms with E-state index >= 15 is 0 Å². The Labute approximate surface area is 136 Å². The van der Waals surface area contributed by atoms with Gasteiger partial charge in [-0.05, 0) is 30.7 Å². The number of halogens is 1. The van der Waals surface area contributed by atoms with Crippen molar-refractivity contribution in [2.24, 2.45) is 0 Å². The summed E-state index contributed by atoms with van der Waals surface area (Å²) < 4.78 is 1.57. The molecule has 0 aliphatic carbocycles. The quantitative estimate of drug-likeness (QED) is 0.700. The van der Waals surface area contributed by atoms with E-state index in [2.05, 4.69) is 20.6 Å². The smallest absolute Gasteiger partial charge is 0.224 e. The second-order valence-corrected chi connectivity index (χ2v) is 5.35. The number of aromatic hydroxyl groups is 1. The monoisotopic (exact) mass is 331 g/mol. The first-order chi connectivity index (χ1) is 11.1. The van der Waals surface area contributed by atoms with Crippen LogP contribution in [-0.4, -0.2) is 30.8 Å². The lowest BCUT2D eigenvalue weighted by Gasteiger charge is -2.06. The summed E-state index contributed by atoms with van der Waals surface area (Å²) in [5.74, 6) is 0.521. The topological polar surface area (TPSA) is 92.4 Å². The molecule has 0 spiro atoms. The SMILES string of the molecule is O=C(CCCc1nnc2ccc(Cl)nn12)Nc1ccccc1O. The summed E-state index contributed by atoms with van der Waals surface area (Å²) in [6.45, 7) is 0. The Morgan fingerprint density at radius 2 is 2.04 bits per heavy atom. The minimum Gasteiger partial charge on any atom is -0.506 e. The molecule has 7 nitrogen and oxygen atoms in total. The molecule has 0 bridgehead atoms. The molecule has 0 radical (unpaired) electrons. The summed E-state index contributed by atoms with van der Waals surface area (Å²) in [5.41, 5.74) is 1.02. The zero-order chi connectivity index (χ0) is 16.2. The van der Waals surface area contributed by atoms with E-state index in [-0.39, 0.29) is 11.7 Å². The number of hydrogen-bond acceptors (Lipinski definition) is 5. The van der Waals surface area contributed by atoms with Crippen molar-refractivity contribution in [3.63, 3.8) is 0 Å². The number of aromatic nitrogens is 4. The molecule has 3 rings (SSSR count). The molecule has 0 saturated carbocycles. The van der Waals surface area contributed by atoms with Crippen molar-refractivity contribution in [1.29, 1.82) is 0 Å². The molecule has 0 saturated heterocycles. The van der Waals surface area contributed by atoms with Crippen LogP contribution in [0.4, 0.5) is 5.69 Å². The molecule has 0 unspecified atom stereocenters. The number of carbonyl (C=O) groups excluding carboxylic acids is 1. The summed E-state index contributed by atoms with van der Waals surface area (Å²) in [6.07, 6.45) is 1.42. The van der Waals surface area contributed by atoms with Crippen molar-refractivity contribution in [3.8, 4) is 5.75 Å². The Kier molecular flexibility index (Phi) is 4.38. The van der Waals surface area contributed by atoms with Crippen LogP contribution in [0, 0.1) is 0 Å². The van der Waals surface area contributed by atoms with Crippen LogP contribution in [0.5, 0.6) is 5.75 Å². The summed E-state index contributed by atoms with van der Waals surface area (Å²) in [5, 5.41) is 24.8. The number of rotatable bonds is 5. The first kappa shape index (κ1) is 15.2. The minimum atomic E-state index is -0.175. The maximum absolute atomic E-state index is 11.9. The predicted octanol–water partition coefficient (Wildman–Crippen LogP) is 2.44. The number of phenols is 1. The highest BCUT2D eigenvalue weighted by Crippen LogP contribution is 2.21. The Bertz CT molecular complexity index is 849. The molecule has 0 atom stereocenters. The summed E-state index contributed by atoms with van der Waals surface area (Å²) in [6, 6.07) is 9.98. The Morgan fingerprint density at radius 3 is 2.87 bits per heavy atom. The molecular formula is C15H14ClN5O2. The normalized spacial score (nSPS) is 10.8. The second kappa shape index (κ2) is 6.62. The van der Waals surface area contributed by atoms with Gasteiger partial charge in [0.05, 0.1) is 5.69 Å². The molecule has 3 aromatic rings. The van der Waals surface area contributed by atoms with Gasteiger partial charge in [-0.25, -0.2) is 0 Å². The van der Waals surface area contributed by atoms with Crippen LogP contribution in [-0.2, 0) is 11.2 Å². The number of nitrogens with zero attached hydrogens (tertiary/aromatic N) is 4. The number of carbonyl (C=O) groups is 1. The number of aryl methyl sites for hydroxylation is 1. The third kappa shape index (κ3) is 3.57. The number of amides is 1. The molecule has 118 valence electrons. The number of nitrogens with one attached hydrogen (secondary N) is 1. The maximum Gasteiger partial charge on any atom is 0.224 e. The highest BCUT2D eigenvalue weighted by atomic mass is 35.5. The lowest BCUT2D eigenvalue weighted by molar-refractivity contribution is -0.116. The molecule has 2 aromatic heterocycles. The van der Waals surface area contributed by atoms with Crippen molar-refractivity contribution < 1.29 is 9.90 Å². The van der Waals surface area contributed by atoms with Gasteiger partial charge >= 0.3 is 0 Å². The molecule has 1 amide bonds. The van der Waals surface area contributed by atoms with Crippen LogP contribution < -0.4 is 5.32 Å². The Morgan fingerprint density at radius 1 is 1.22 bits per heavy atom. The first-order valence-electron chi connectivity index (χ1n) is 7.08. The molecule has 8 heteroatoms. The van der Waals surface area contributed by atoms with Gasteiger partial charge in [-0.2, -0.15) is 9.61 Å². The second-order valence-electron chi connectivity index (χ2n) is 4.96. The Hall–Kier alpha value is -2.67. The number of para-hydroxylation sites is 2. The van der Waals surface area contributed by atoms with Gasteiger partial charge in [-0.3, -0.25) is 4.79 Å². The highest BCUT2D eigenvalue weighted by molar-refractivity contribution is 6.29. The van der Waals surface area contributed by atoms with Gasteiger partial charge in [0.2, 0.25) is 5.91 Å². The number of benzene rings is 1. The van der Waals surface area contributed by atoms with E-state index in [4.69, 9.17) is 11.6 Å². The van der Waals surface area contributed by atoms with Crippen LogP contribution in [0.25, 0.3) is 5.65 Å². The average Bonchev–Trinajstić information content (AvgIpc) is 2.92. The number of anilines is 1. The first-order valence-corrected chi connectivity index (χ1v) is 7.46. The molecule has 0 fully saturated rings. The van der Waals surface area contributed by atoms with E-state index in [9.17, 15) is 9.90 Å². The van der Waals surface area contributed by atoms with Crippen LogP contribution in [0.15, 0.2) is 36.4 Å². The van der Waals surface area contributed by atoms with Gasteiger partial charge in [0.15, 0.2) is 11.5 Å². The number of fused-ring (bicyclic) bond motifs is 1. The number of hydrogen-bond donors (Lipinski definition) is 2. The molecule has 0 aliphatic rings. The van der Waals surface area contributed by atoms with E-state index in [0.29, 0.717) is 41.6 Å². The molecule has 0 aliphatic heterocycles. The van der Waals surface area contributed by atoms with Crippen LogP contribution in [0.3, 0.4) is 0 Å². The van der Waals surface area contributed by atoms with Gasteiger partial charge in [-0.1, -0.05) is 23.7 Å². The van der Waals surface area contributed by atoms with Gasteiger partial charge in [0, 0.05) is 12.8 Å². The molecule has 23 heavy (non-hydrogen) atoms. The highest BCUT2D eigenvalue weighted by Gasteiger charge is 2.09. The maximum atomic E-state index is 11.9. The van der Waals surface area contributed by atoms with E-state index in [0.717, 1.165) is 0 Å². The molecule has 2 heterocycles. The van der Waals surface area contributed by atoms with Crippen LogP contribution in [0.2, 0.25) is 5.15 Å². The standard InChI is InChI=1S/C15H14ClN5O2/c16-12-8-9-14-19-18-13(21(14)20-12)6-3-7-15(23)17-10-4-1-2-5-11(10)22/h1-2,4-5,8-9,22H,3,6-7H2,(H,17,23). The zero-order valence-corrected chi connectivity index (χ0v) is 12.9. The van der Waals surface area contributed by atoms with E-state index < -0.39 is 0 Å². The summed E-state index contributed by atoms with van der Waals surface area (Å²) in [4.78, 5) is 11.9. The van der Waals surface area contributed by atoms with E-state index in [1.165, 1.54) is 6.07 Å². The fourth-order valence-electron chi connectivity index (χ4n) is 2.17. The van der Waals surface area contributed by atoms with Crippen molar-refractivity contribution in [3.05, 3.63) is 47.4 Å². The van der Waals surface area contributed by atoms with E-state index in [1.807, 2.05) is 0 Å². The minimum absolute atomic E-state index is 0.0446. The number of phenolic OH excluding ortho intramolecular Hbond substituents is 1. The zero-order valence-electron chi connectivity index (χ0n) is 12.1. The van der Waals surface area contributed by atoms with Gasteiger partial charge in [-0.15, -0.1) is 10.2 Å². The molecular weight excluding hydrogens is 318 g/mol. The van der Waals surface area contributed by atoms with Crippen LogP contribution in [0.1, 0.15) is 18.7 Å². The van der Waals surface area contributed by atoms with E-state index in [1.54, 1.807) is 34.8 Å². The van der Waals surface area contributed by atoms with Crippen LogP contribution >= 0.6 is 11.6 Å². The van der Waals surface area contributed by atoms with Crippen molar-refractivity contribution in [2.45, 2.75) is 19.3 Å². The fourth-order valence-corrected chi connectivity index (χ4v) is 2.30. The average molecular weight is 332 g/mol. The Balaban J connectivity index is 1.57. The van der Waals surface area contributed by atoms with Crippen molar-refractivity contribution >= 4 is 28.8 Å². The lowest BCUT2D eigenvalue weighted by Crippen LogP contribution is -2.12. The van der Waals surface area contributed by atoms with Gasteiger partial charge < -0.3 is 10.4 Å². The van der Waals surface area contributed by atoms with Gasteiger partial charge in [0.25, 0.3) is 0 Å². The molecule has 2 N–H and O–H groups in total. The summed E-state index contributed by atoms with van der Waals surface area (Å²) >= 11 is 5.86. The largest absolute Gasteiger partial charge is 0.506 e. The lowest BCUT2D eigenvalue weighted by atomic mass is 10.2. The third-order valence-corrected chi connectivity index (χ3v) is 3.48. The van der Waals surface area contributed by atoms with Gasteiger partial charge in [0.1, 0.15) is 10.9 Å². The molecule has 1 aromatic carbocycles. The van der Waals surface area contributed by atoms with Crippen molar-refractivity contribution in [1.82, 2.24) is 19.8 Å². The third-order valence-electron chi connectivity index (χ3n) is 3.28. The fraction of sp³-hybridized carbons (Fsp3) is 0.200. The summed E-state index contributed by atoms with van der Waals surface area (Å²) in [7, 11) is 0. The van der Waals surface area contributed by atoms with Crippen molar-refractivity contribution in [2.75, 3.05) is 5.32 Å². The predicted molar refractivity (Wildman–Crippen MR) is 85.5 cm³/mol.